The van der Waals surface area contributed by atoms with Crippen LogP contribution in [-0.2, 0) is 4.79 Å². The summed E-state index contributed by atoms with van der Waals surface area (Å²) in [6, 6.07) is -0.792. The number of carboxylic acids is 1. The summed E-state index contributed by atoms with van der Waals surface area (Å²) in [7, 11) is 0. The summed E-state index contributed by atoms with van der Waals surface area (Å²) in [5, 5.41) is 22.2. The van der Waals surface area contributed by atoms with Crippen LogP contribution in [0.15, 0.2) is 0 Å². The lowest BCUT2D eigenvalue weighted by Crippen LogP contribution is -2.48. The van der Waals surface area contributed by atoms with Crippen molar-refractivity contribution in [3.63, 3.8) is 0 Å². The molecule has 4 heteroatoms. The van der Waals surface area contributed by atoms with Crippen molar-refractivity contribution in [2.75, 3.05) is 0 Å². The van der Waals surface area contributed by atoms with Crippen LogP contribution in [-0.4, -0.2) is 34.4 Å². The van der Waals surface area contributed by atoms with Gasteiger partial charge in [-0.2, -0.15) is 0 Å². The Morgan fingerprint density at radius 3 is 1.56 bits per heavy atom. The smallest absolute Gasteiger partial charge is 0.323 e. The Kier molecular flexibility index (Phi) is 16.4. The van der Waals surface area contributed by atoms with Crippen molar-refractivity contribution in [1.29, 1.82) is 0 Å². The molecule has 0 heterocycles. The van der Waals surface area contributed by atoms with Crippen molar-refractivity contribution in [1.82, 2.24) is 5.32 Å². The van der Waals surface area contributed by atoms with Gasteiger partial charge < -0.3 is 15.5 Å². The van der Waals surface area contributed by atoms with Gasteiger partial charge in [0.25, 0.3) is 0 Å². The van der Waals surface area contributed by atoms with Gasteiger partial charge in [-0.15, -0.1) is 0 Å². The standard InChI is InChI=1S/C21H43NO3/c1-4-5-6-7-8-9-10-11-12-13-14-15-16-17-19(23)20(21(24)25)22-18(2)3/h18-20,22-23H,4-17H2,1-3H3,(H,24,25)/t19-,20-/m1/s1. The molecule has 0 aromatic carbocycles. The van der Waals surface area contributed by atoms with E-state index in [2.05, 4.69) is 12.2 Å². The highest BCUT2D eigenvalue weighted by Gasteiger charge is 2.26. The first-order chi connectivity index (χ1) is 12.0. The molecule has 4 nitrogen and oxygen atoms in total. The Labute approximate surface area is 155 Å². The van der Waals surface area contributed by atoms with Crippen molar-refractivity contribution in [2.45, 2.75) is 129 Å². The number of nitrogens with one attached hydrogen (secondary N) is 1. The van der Waals surface area contributed by atoms with E-state index >= 15 is 0 Å². The number of hydrogen-bond donors (Lipinski definition) is 3. The van der Waals surface area contributed by atoms with E-state index in [9.17, 15) is 15.0 Å². The summed E-state index contributed by atoms with van der Waals surface area (Å²) in [5.41, 5.74) is 0. The highest BCUT2D eigenvalue weighted by atomic mass is 16.4. The molecule has 0 spiro atoms. The Morgan fingerprint density at radius 2 is 1.20 bits per heavy atom. The number of unbranched alkanes of at least 4 members (excludes halogenated alkanes) is 12. The molecular weight excluding hydrogens is 314 g/mol. The maximum absolute atomic E-state index is 11.2. The van der Waals surface area contributed by atoms with Crippen molar-refractivity contribution < 1.29 is 15.0 Å². The second-order valence-corrected chi connectivity index (χ2v) is 7.74. The maximum Gasteiger partial charge on any atom is 0.323 e. The van der Waals surface area contributed by atoms with Crippen LogP contribution in [0.1, 0.15) is 111 Å². The molecule has 150 valence electrons. The van der Waals surface area contributed by atoms with Crippen molar-refractivity contribution in [3.05, 3.63) is 0 Å². The number of aliphatic hydroxyl groups is 1. The minimum absolute atomic E-state index is 0.0578. The van der Waals surface area contributed by atoms with Crippen molar-refractivity contribution in [2.24, 2.45) is 0 Å². The fourth-order valence-electron chi connectivity index (χ4n) is 3.24. The summed E-state index contributed by atoms with van der Waals surface area (Å²) in [5.74, 6) is -0.962. The third kappa shape index (κ3) is 15.4. The first-order valence-corrected chi connectivity index (χ1v) is 10.7. The minimum atomic E-state index is -0.962. The molecule has 0 aromatic heterocycles. The van der Waals surface area contributed by atoms with Gasteiger partial charge in [0.15, 0.2) is 0 Å². The summed E-state index contributed by atoms with van der Waals surface area (Å²) in [6.07, 6.45) is 16.5. The lowest BCUT2D eigenvalue weighted by Gasteiger charge is -2.22. The Hall–Kier alpha value is -0.610. The van der Waals surface area contributed by atoms with E-state index in [0.29, 0.717) is 6.42 Å². The normalized spacial score (nSPS) is 14.0. The summed E-state index contributed by atoms with van der Waals surface area (Å²) in [6.45, 7) is 6.05. The molecule has 0 aliphatic heterocycles. The van der Waals surface area contributed by atoms with Gasteiger partial charge >= 0.3 is 5.97 Å². The van der Waals surface area contributed by atoms with E-state index in [0.717, 1.165) is 12.8 Å². The Bertz CT molecular complexity index is 308. The van der Waals surface area contributed by atoms with E-state index in [-0.39, 0.29) is 6.04 Å². The molecule has 0 aromatic rings. The molecule has 0 amide bonds. The molecule has 25 heavy (non-hydrogen) atoms. The molecule has 0 bridgehead atoms. The lowest BCUT2D eigenvalue weighted by atomic mass is 10.0. The maximum atomic E-state index is 11.2. The number of carbonyl (C=O) groups is 1. The van der Waals surface area contributed by atoms with Gasteiger partial charge in [0, 0.05) is 6.04 Å². The quantitative estimate of drug-likeness (QED) is 0.292. The van der Waals surface area contributed by atoms with E-state index in [1.807, 2.05) is 13.8 Å². The highest BCUT2D eigenvalue weighted by Crippen LogP contribution is 2.14. The van der Waals surface area contributed by atoms with Crippen molar-refractivity contribution >= 4 is 5.97 Å². The molecule has 0 radical (unpaired) electrons. The van der Waals surface area contributed by atoms with Gasteiger partial charge in [0.2, 0.25) is 0 Å². The summed E-state index contributed by atoms with van der Waals surface area (Å²) < 4.78 is 0. The predicted octanol–water partition coefficient (Wildman–Crippen LogP) is 5.28. The van der Waals surface area contributed by atoms with Gasteiger partial charge in [-0.25, -0.2) is 0 Å². The minimum Gasteiger partial charge on any atom is -0.480 e. The number of aliphatic hydroxyl groups excluding tert-OH is 1. The van der Waals surface area contributed by atoms with Crippen LogP contribution in [0.4, 0.5) is 0 Å². The van der Waals surface area contributed by atoms with Crippen LogP contribution in [0.25, 0.3) is 0 Å². The fourth-order valence-corrected chi connectivity index (χ4v) is 3.24. The number of rotatable bonds is 18. The second-order valence-electron chi connectivity index (χ2n) is 7.74. The molecule has 2 atom stereocenters. The van der Waals surface area contributed by atoms with E-state index in [4.69, 9.17) is 0 Å². The molecule has 0 rings (SSSR count). The van der Waals surface area contributed by atoms with E-state index in [1.54, 1.807) is 0 Å². The molecule has 0 aliphatic rings. The zero-order valence-electron chi connectivity index (χ0n) is 16.9. The molecule has 0 unspecified atom stereocenters. The van der Waals surface area contributed by atoms with E-state index in [1.165, 1.54) is 70.6 Å². The van der Waals surface area contributed by atoms with Gasteiger partial charge in [-0.1, -0.05) is 104 Å². The van der Waals surface area contributed by atoms with Crippen LogP contribution in [0.2, 0.25) is 0 Å². The lowest BCUT2D eigenvalue weighted by molar-refractivity contribution is -0.142. The van der Waals surface area contributed by atoms with Gasteiger partial charge in [-0.3, -0.25) is 4.79 Å². The Balaban J connectivity index is 3.46. The summed E-state index contributed by atoms with van der Waals surface area (Å²) >= 11 is 0. The topological polar surface area (TPSA) is 69.6 Å². The van der Waals surface area contributed by atoms with Crippen LogP contribution >= 0.6 is 0 Å². The molecular formula is C21H43NO3. The average Bonchev–Trinajstić information content (AvgIpc) is 2.56. The highest BCUT2D eigenvalue weighted by molar-refractivity contribution is 5.74. The largest absolute Gasteiger partial charge is 0.480 e. The van der Waals surface area contributed by atoms with Gasteiger partial charge in [-0.05, 0) is 6.42 Å². The number of carboxylic acid groups (broad SMARTS) is 1. The van der Waals surface area contributed by atoms with E-state index < -0.39 is 18.1 Å². The molecule has 0 saturated heterocycles. The Morgan fingerprint density at radius 1 is 0.800 bits per heavy atom. The van der Waals surface area contributed by atoms with Crippen LogP contribution in [0.3, 0.4) is 0 Å². The van der Waals surface area contributed by atoms with Gasteiger partial charge in [0.05, 0.1) is 6.10 Å². The first-order valence-electron chi connectivity index (χ1n) is 10.7. The fraction of sp³-hybridized carbons (Fsp3) is 0.952. The second kappa shape index (κ2) is 16.8. The third-order valence-electron chi connectivity index (χ3n) is 4.77. The SMILES string of the molecule is CCCCCCCCCCCCCCC[C@@H](O)[C@@H](NC(C)C)C(=O)O. The van der Waals surface area contributed by atoms with Crippen molar-refractivity contribution in [3.8, 4) is 0 Å². The molecule has 3 N–H and O–H groups in total. The predicted molar refractivity (Wildman–Crippen MR) is 106 cm³/mol. The molecule has 0 aliphatic carbocycles. The first kappa shape index (κ1) is 24.4. The van der Waals surface area contributed by atoms with Crippen LogP contribution in [0, 0.1) is 0 Å². The third-order valence-corrected chi connectivity index (χ3v) is 4.77. The molecule has 0 saturated carbocycles. The van der Waals surface area contributed by atoms with Gasteiger partial charge in [0.1, 0.15) is 6.04 Å². The number of aliphatic carboxylic acids is 1. The zero-order valence-corrected chi connectivity index (χ0v) is 16.9. The zero-order chi connectivity index (χ0) is 18.9. The molecule has 0 fully saturated rings. The monoisotopic (exact) mass is 357 g/mol. The number of hydrogen-bond acceptors (Lipinski definition) is 3. The van der Waals surface area contributed by atoms with Crippen LogP contribution in [0.5, 0.6) is 0 Å². The van der Waals surface area contributed by atoms with Crippen LogP contribution < -0.4 is 5.32 Å². The average molecular weight is 358 g/mol. The summed E-state index contributed by atoms with van der Waals surface area (Å²) in [4.78, 5) is 11.2.